The molecule has 0 aliphatic carbocycles. The Morgan fingerprint density at radius 1 is 1.50 bits per heavy atom. The van der Waals surface area contributed by atoms with Crippen molar-refractivity contribution in [2.24, 2.45) is 11.8 Å². The Balaban J connectivity index is 1.87. The first-order chi connectivity index (χ1) is 10.3. The maximum absolute atomic E-state index is 12.7. The van der Waals surface area contributed by atoms with Gasteiger partial charge in [0.15, 0.2) is 11.5 Å². The van der Waals surface area contributed by atoms with Crippen LogP contribution >= 0.6 is 0 Å². The molecular weight excluding hydrogens is 280 g/mol. The maximum atomic E-state index is 12.7. The van der Waals surface area contributed by atoms with Crippen LogP contribution in [0.3, 0.4) is 0 Å². The Labute approximate surface area is 129 Å². The van der Waals surface area contributed by atoms with E-state index < -0.39 is 5.60 Å². The third-order valence-corrected chi connectivity index (χ3v) is 4.82. The predicted octanol–water partition coefficient (Wildman–Crippen LogP) is 2.62. The largest absolute Gasteiger partial charge is 0.441 e. The van der Waals surface area contributed by atoms with Gasteiger partial charge in [0.05, 0.1) is 12.1 Å². The lowest BCUT2D eigenvalue weighted by Gasteiger charge is -2.31. The molecule has 1 amide bonds. The van der Waals surface area contributed by atoms with Crippen molar-refractivity contribution in [2.75, 3.05) is 13.1 Å². The molecule has 0 saturated carbocycles. The number of fused-ring (bicyclic) bond motifs is 1. The highest BCUT2D eigenvalue weighted by atomic mass is 16.3. The lowest BCUT2D eigenvalue weighted by molar-refractivity contribution is -0.0243. The Kier molecular flexibility index (Phi) is 3.48. The molecule has 2 heterocycles. The average Bonchev–Trinajstić information content (AvgIpc) is 2.97. The Morgan fingerprint density at radius 2 is 2.23 bits per heavy atom. The molecule has 5 heteroatoms. The molecule has 1 saturated heterocycles. The number of carbonyl (C=O) groups is 1. The summed E-state index contributed by atoms with van der Waals surface area (Å²) in [5, 5.41) is 10.8. The van der Waals surface area contributed by atoms with E-state index in [1.54, 1.807) is 30.0 Å². The van der Waals surface area contributed by atoms with Crippen LogP contribution in [0.4, 0.5) is 0 Å². The molecule has 0 bridgehead atoms. The molecule has 0 spiro atoms. The number of amides is 1. The zero-order valence-corrected chi connectivity index (χ0v) is 13.5. The summed E-state index contributed by atoms with van der Waals surface area (Å²) in [5.74, 6) is 0.690. The van der Waals surface area contributed by atoms with Gasteiger partial charge in [-0.2, -0.15) is 0 Å². The highest BCUT2D eigenvalue weighted by molar-refractivity contribution is 5.97. The molecule has 118 valence electrons. The first kappa shape index (κ1) is 15.0. The number of hydrogen-bond donors (Lipinski definition) is 1. The summed E-state index contributed by atoms with van der Waals surface area (Å²) in [6, 6.07) is 5.30. The molecule has 3 rings (SSSR count). The smallest absolute Gasteiger partial charge is 0.254 e. The molecule has 1 aliphatic rings. The van der Waals surface area contributed by atoms with E-state index in [0.717, 1.165) is 5.52 Å². The van der Waals surface area contributed by atoms with Crippen LogP contribution in [-0.2, 0) is 0 Å². The van der Waals surface area contributed by atoms with E-state index in [2.05, 4.69) is 4.98 Å². The van der Waals surface area contributed by atoms with Crippen LogP contribution in [0.2, 0.25) is 0 Å². The zero-order chi connectivity index (χ0) is 16.1. The maximum Gasteiger partial charge on any atom is 0.254 e. The molecule has 1 aromatic carbocycles. The van der Waals surface area contributed by atoms with Gasteiger partial charge in [0.2, 0.25) is 0 Å². The van der Waals surface area contributed by atoms with Crippen molar-refractivity contribution in [3.63, 3.8) is 0 Å². The van der Waals surface area contributed by atoms with Gasteiger partial charge >= 0.3 is 0 Å². The Hall–Kier alpha value is -1.88. The predicted molar refractivity (Wildman–Crippen MR) is 83.6 cm³/mol. The van der Waals surface area contributed by atoms with E-state index in [-0.39, 0.29) is 17.7 Å². The number of aliphatic hydroxyl groups is 1. The second-order valence-electron chi connectivity index (χ2n) is 6.65. The number of likely N-dealkylation sites (tertiary alicyclic amines) is 1. The summed E-state index contributed by atoms with van der Waals surface area (Å²) in [5.41, 5.74) is 1.13. The third kappa shape index (κ3) is 2.29. The van der Waals surface area contributed by atoms with E-state index in [0.29, 0.717) is 30.1 Å². The second kappa shape index (κ2) is 5.09. The number of oxazole rings is 1. The molecule has 2 aromatic rings. The number of nitrogens with zero attached hydrogens (tertiary/aromatic N) is 2. The van der Waals surface area contributed by atoms with Crippen LogP contribution in [-0.4, -0.2) is 39.6 Å². The van der Waals surface area contributed by atoms with Crippen LogP contribution < -0.4 is 0 Å². The van der Waals surface area contributed by atoms with Gasteiger partial charge < -0.3 is 14.4 Å². The van der Waals surface area contributed by atoms with Crippen molar-refractivity contribution in [3.05, 3.63) is 29.7 Å². The van der Waals surface area contributed by atoms with Gasteiger partial charge in [-0.1, -0.05) is 20.8 Å². The van der Waals surface area contributed by atoms with Crippen LogP contribution in [0, 0.1) is 18.8 Å². The van der Waals surface area contributed by atoms with Crippen molar-refractivity contribution < 1.29 is 14.3 Å². The number of aryl methyl sites for hydroxylation is 1. The standard InChI is InChI=1S/C17H22N2O3/c1-10(2)17(21)9-19(8-11(17)3)16(20)13-5-6-14-15(7-13)22-12(4)18-14/h5-7,10-11,21H,8-9H2,1-4H3/t11-,17-/m0/s1. The molecular formula is C17H22N2O3. The van der Waals surface area contributed by atoms with Gasteiger partial charge in [-0.05, 0) is 24.1 Å². The number of aromatic nitrogens is 1. The summed E-state index contributed by atoms with van der Waals surface area (Å²) in [4.78, 5) is 18.7. The van der Waals surface area contributed by atoms with Gasteiger partial charge in [0.25, 0.3) is 5.91 Å². The average molecular weight is 302 g/mol. The van der Waals surface area contributed by atoms with Gasteiger partial charge in [-0.15, -0.1) is 0 Å². The second-order valence-corrected chi connectivity index (χ2v) is 6.65. The molecule has 1 aromatic heterocycles. The van der Waals surface area contributed by atoms with Crippen LogP contribution in [0.1, 0.15) is 37.0 Å². The molecule has 22 heavy (non-hydrogen) atoms. The van der Waals surface area contributed by atoms with E-state index in [1.165, 1.54) is 0 Å². The quantitative estimate of drug-likeness (QED) is 0.926. The van der Waals surface area contributed by atoms with Gasteiger partial charge in [-0.25, -0.2) is 4.98 Å². The fraction of sp³-hybridized carbons (Fsp3) is 0.529. The van der Waals surface area contributed by atoms with Crippen molar-refractivity contribution in [2.45, 2.75) is 33.3 Å². The van der Waals surface area contributed by atoms with Crippen LogP contribution in [0.25, 0.3) is 11.1 Å². The molecule has 5 nitrogen and oxygen atoms in total. The molecule has 0 radical (unpaired) electrons. The number of carbonyl (C=O) groups excluding carboxylic acids is 1. The minimum Gasteiger partial charge on any atom is -0.441 e. The molecule has 1 fully saturated rings. The fourth-order valence-corrected chi connectivity index (χ4v) is 3.28. The zero-order valence-electron chi connectivity index (χ0n) is 13.5. The Bertz CT molecular complexity index is 722. The minimum atomic E-state index is -0.817. The number of benzene rings is 1. The molecule has 2 atom stereocenters. The fourth-order valence-electron chi connectivity index (χ4n) is 3.28. The highest BCUT2D eigenvalue weighted by Crippen LogP contribution is 2.34. The summed E-state index contributed by atoms with van der Waals surface area (Å²) < 4.78 is 5.49. The lowest BCUT2D eigenvalue weighted by atomic mass is 9.82. The Morgan fingerprint density at radius 3 is 2.86 bits per heavy atom. The number of hydrogen-bond acceptors (Lipinski definition) is 4. The summed E-state index contributed by atoms with van der Waals surface area (Å²) in [7, 11) is 0. The van der Waals surface area contributed by atoms with E-state index in [1.807, 2.05) is 20.8 Å². The summed E-state index contributed by atoms with van der Waals surface area (Å²) in [6.45, 7) is 8.71. The normalized spacial score (nSPS) is 25.4. The third-order valence-electron chi connectivity index (χ3n) is 4.82. The first-order valence-corrected chi connectivity index (χ1v) is 7.70. The molecule has 0 unspecified atom stereocenters. The van der Waals surface area contributed by atoms with Crippen LogP contribution in [0.5, 0.6) is 0 Å². The van der Waals surface area contributed by atoms with Gasteiger partial charge in [0.1, 0.15) is 5.52 Å². The SMILES string of the molecule is Cc1nc2ccc(C(=O)N3C[C@H](C)[C@@](O)(C(C)C)C3)cc2o1. The van der Waals surface area contributed by atoms with Crippen molar-refractivity contribution in [1.29, 1.82) is 0 Å². The first-order valence-electron chi connectivity index (χ1n) is 7.70. The lowest BCUT2D eigenvalue weighted by Crippen LogP contribution is -2.43. The summed E-state index contributed by atoms with van der Waals surface area (Å²) in [6.07, 6.45) is 0. The molecule has 1 N–H and O–H groups in total. The minimum absolute atomic E-state index is 0.0627. The monoisotopic (exact) mass is 302 g/mol. The van der Waals surface area contributed by atoms with Gasteiger partial charge in [-0.3, -0.25) is 4.79 Å². The van der Waals surface area contributed by atoms with Crippen molar-refractivity contribution in [1.82, 2.24) is 9.88 Å². The van der Waals surface area contributed by atoms with Crippen molar-refractivity contribution in [3.8, 4) is 0 Å². The van der Waals surface area contributed by atoms with E-state index in [4.69, 9.17) is 4.42 Å². The number of β-amino-alcohol motifs (C(OH)–C–C–N with tert-alkyl or cyclic N) is 1. The van der Waals surface area contributed by atoms with Crippen molar-refractivity contribution >= 4 is 17.0 Å². The van der Waals surface area contributed by atoms with E-state index in [9.17, 15) is 9.90 Å². The molecule has 1 aliphatic heterocycles. The number of rotatable bonds is 2. The summed E-state index contributed by atoms with van der Waals surface area (Å²) >= 11 is 0. The van der Waals surface area contributed by atoms with Gasteiger partial charge in [0, 0.05) is 24.9 Å². The topological polar surface area (TPSA) is 66.6 Å². The highest BCUT2D eigenvalue weighted by Gasteiger charge is 2.46. The van der Waals surface area contributed by atoms with Crippen LogP contribution in [0.15, 0.2) is 22.6 Å². The van der Waals surface area contributed by atoms with E-state index >= 15 is 0 Å².